The first-order chi connectivity index (χ1) is 19.6. The monoisotopic (exact) mass is 560 g/mol. The number of nitrogens with zero attached hydrogens (tertiary/aromatic N) is 1. The van der Waals surface area contributed by atoms with E-state index in [1.54, 1.807) is 66.7 Å². The number of carbonyl (C=O) groups is 2. The van der Waals surface area contributed by atoms with Crippen molar-refractivity contribution in [1.82, 2.24) is 5.32 Å². The quantitative estimate of drug-likeness (QED) is 0.306. The van der Waals surface area contributed by atoms with Crippen molar-refractivity contribution in [3.8, 4) is 5.75 Å². The topological polar surface area (TPSA) is 78.9 Å². The van der Waals surface area contributed by atoms with Crippen molar-refractivity contribution >= 4 is 17.6 Å². The third kappa shape index (κ3) is 5.28. The average molecular weight is 561 g/mol. The zero-order chi connectivity index (χ0) is 29.3. The second kappa shape index (κ2) is 11.1. The van der Waals surface area contributed by atoms with Crippen molar-refractivity contribution in [1.29, 1.82) is 0 Å². The molecular weight excluding hydrogens is 533 g/mol. The number of carboxylic acids is 1. The van der Waals surface area contributed by atoms with Crippen LogP contribution in [-0.2, 0) is 21.7 Å². The second-order valence-electron chi connectivity index (χ2n) is 10.0. The molecule has 1 aliphatic rings. The van der Waals surface area contributed by atoms with E-state index < -0.39 is 59.6 Å². The molecule has 4 aromatic carbocycles. The predicted molar refractivity (Wildman–Crippen MR) is 147 cm³/mol. The number of hydrogen-bond donors (Lipinski definition) is 2. The molecule has 1 amide bonds. The number of ether oxygens (including phenoxy) is 1. The number of nitrogens with one attached hydrogen (secondary N) is 1. The molecule has 0 aromatic heterocycles. The lowest BCUT2D eigenvalue weighted by Crippen LogP contribution is -2.58. The molecule has 41 heavy (non-hydrogen) atoms. The Bertz CT molecular complexity index is 1590. The smallest absolute Gasteiger partial charge is 0.347 e. The molecule has 0 aliphatic carbocycles. The van der Waals surface area contributed by atoms with Crippen LogP contribution in [0, 0.1) is 31.3 Å². The maximum absolute atomic E-state index is 14.7. The molecule has 0 saturated heterocycles. The van der Waals surface area contributed by atoms with E-state index in [0.717, 1.165) is 11.1 Å². The number of fused-ring (bicyclic) bond motifs is 1. The van der Waals surface area contributed by atoms with Crippen molar-refractivity contribution in [2.45, 2.75) is 32.0 Å². The van der Waals surface area contributed by atoms with Gasteiger partial charge in [0, 0.05) is 28.9 Å². The number of carboxylic acid groups (broad SMARTS) is 1. The number of benzene rings is 4. The molecule has 9 heteroatoms. The Hall–Kier alpha value is -4.63. The van der Waals surface area contributed by atoms with Crippen molar-refractivity contribution in [2.75, 3.05) is 11.4 Å². The van der Waals surface area contributed by atoms with Gasteiger partial charge in [-0.2, -0.15) is 0 Å². The van der Waals surface area contributed by atoms with Crippen LogP contribution in [0.3, 0.4) is 0 Å². The highest BCUT2D eigenvalue weighted by atomic mass is 19.1. The number of amides is 1. The van der Waals surface area contributed by atoms with Crippen LogP contribution >= 0.6 is 0 Å². The van der Waals surface area contributed by atoms with Gasteiger partial charge < -0.3 is 14.7 Å². The standard InChI is InChI=1S/C32H27F3N2O4/c1-19-12-20(2)14-23(13-19)41-30(31(39)40)32(21-8-4-3-5-9-21)25-10-6-7-11-28(25)37(29(38)17-36-32)18-24-26(34)15-22(33)16-27(24)35/h3-16,30,36H,17-18H2,1-2H3,(H,39,40). The second-order valence-corrected chi connectivity index (χ2v) is 10.0. The SMILES string of the molecule is Cc1cc(C)cc(OC(C(=O)O)C2(c3ccccc3)NCC(=O)N(Cc3c(F)cc(F)cc3F)c3ccccc32)c1. The van der Waals surface area contributed by atoms with Crippen molar-refractivity contribution in [3.63, 3.8) is 0 Å². The summed E-state index contributed by atoms with van der Waals surface area (Å²) in [7, 11) is 0. The lowest BCUT2D eigenvalue weighted by atomic mass is 9.77. The van der Waals surface area contributed by atoms with Crippen LogP contribution in [0.4, 0.5) is 18.9 Å². The van der Waals surface area contributed by atoms with E-state index in [2.05, 4.69) is 5.32 Å². The van der Waals surface area contributed by atoms with Crippen molar-refractivity contribution in [3.05, 3.63) is 130 Å². The first kappa shape index (κ1) is 27.9. The van der Waals surface area contributed by atoms with E-state index in [9.17, 15) is 27.9 Å². The minimum absolute atomic E-state index is 0.227. The van der Waals surface area contributed by atoms with E-state index >= 15 is 0 Å². The molecule has 1 heterocycles. The molecule has 5 rings (SSSR count). The van der Waals surface area contributed by atoms with Crippen LogP contribution in [0.25, 0.3) is 0 Å². The van der Waals surface area contributed by atoms with Gasteiger partial charge in [0.15, 0.2) is 0 Å². The number of aliphatic carboxylic acids is 1. The highest BCUT2D eigenvalue weighted by Gasteiger charge is 2.51. The van der Waals surface area contributed by atoms with Crippen molar-refractivity contribution in [2.24, 2.45) is 0 Å². The summed E-state index contributed by atoms with van der Waals surface area (Å²) in [5.74, 6) is -4.90. The molecular formula is C32H27F3N2O4. The molecule has 2 N–H and O–H groups in total. The zero-order valence-corrected chi connectivity index (χ0v) is 22.3. The first-order valence-corrected chi connectivity index (χ1v) is 12.9. The van der Waals surface area contributed by atoms with Gasteiger partial charge in [-0.1, -0.05) is 54.6 Å². The first-order valence-electron chi connectivity index (χ1n) is 12.9. The fourth-order valence-electron chi connectivity index (χ4n) is 5.44. The third-order valence-electron chi connectivity index (χ3n) is 7.16. The molecule has 0 saturated carbocycles. The fraction of sp³-hybridized carbons (Fsp3) is 0.188. The van der Waals surface area contributed by atoms with Gasteiger partial charge in [-0.3, -0.25) is 10.1 Å². The fourth-order valence-corrected chi connectivity index (χ4v) is 5.44. The van der Waals surface area contributed by atoms with Crippen LogP contribution in [0.15, 0.2) is 84.9 Å². The van der Waals surface area contributed by atoms with Crippen molar-refractivity contribution < 1.29 is 32.6 Å². The van der Waals surface area contributed by atoms with E-state index in [1.807, 2.05) is 19.9 Å². The van der Waals surface area contributed by atoms with E-state index in [0.29, 0.717) is 29.0 Å². The third-order valence-corrected chi connectivity index (χ3v) is 7.16. The van der Waals surface area contributed by atoms with Gasteiger partial charge in [-0.15, -0.1) is 0 Å². The van der Waals surface area contributed by atoms with Crippen LogP contribution in [-0.4, -0.2) is 29.6 Å². The Morgan fingerprint density at radius 3 is 2.20 bits per heavy atom. The molecule has 4 aromatic rings. The van der Waals surface area contributed by atoms with E-state index in [4.69, 9.17) is 4.74 Å². The van der Waals surface area contributed by atoms with Gasteiger partial charge in [0.05, 0.1) is 13.1 Å². The maximum Gasteiger partial charge on any atom is 0.347 e. The summed E-state index contributed by atoms with van der Waals surface area (Å²) >= 11 is 0. The number of anilines is 1. The summed E-state index contributed by atoms with van der Waals surface area (Å²) in [5.41, 5.74) is 0.697. The Labute approximate surface area is 235 Å². The number of halogens is 3. The lowest BCUT2D eigenvalue weighted by Gasteiger charge is -2.40. The minimum atomic E-state index is -1.62. The van der Waals surface area contributed by atoms with Crippen LogP contribution < -0.4 is 15.0 Å². The normalized spacial score (nSPS) is 17.5. The van der Waals surface area contributed by atoms with Gasteiger partial charge >= 0.3 is 5.97 Å². The summed E-state index contributed by atoms with van der Waals surface area (Å²) in [6.45, 7) is 2.79. The molecule has 210 valence electrons. The molecule has 6 nitrogen and oxygen atoms in total. The van der Waals surface area contributed by atoms with Gasteiger partial charge in [0.25, 0.3) is 0 Å². The summed E-state index contributed by atoms with van der Waals surface area (Å²) < 4.78 is 49.2. The Balaban J connectivity index is 1.73. The predicted octanol–water partition coefficient (Wildman–Crippen LogP) is 5.63. The molecule has 1 aliphatic heterocycles. The zero-order valence-electron chi connectivity index (χ0n) is 22.3. The molecule has 2 atom stereocenters. The number of carbonyl (C=O) groups excluding carboxylic acids is 1. The Morgan fingerprint density at radius 2 is 1.56 bits per heavy atom. The van der Waals surface area contributed by atoms with Gasteiger partial charge in [-0.05, 0) is 48.7 Å². The van der Waals surface area contributed by atoms with E-state index in [1.165, 1.54) is 4.90 Å². The summed E-state index contributed by atoms with van der Waals surface area (Å²) in [5, 5.41) is 13.8. The minimum Gasteiger partial charge on any atom is -0.478 e. The summed E-state index contributed by atoms with van der Waals surface area (Å²) in [6.07, 6.45) is -1.58. The molecule has 0 bridgehead atoms. The highest BCUT2D eigenvalue weighted by molar-refractivity contribution is 5.97. The van der Waals surface area contributed by atoms with E-state index in [-0.39, 0.29) is 5.69 Å². The molecule has 0 radical (unpaired) electrons. The number of para-hydroxylation sites is 1. The summed E-state index contributed by atoms with van der Waals surface area (Å²) in [4.78, 5) is 27.8. The molecule has 2 unspecified atom stereocenters. The van der Waals surface area contributed by atoms with Gasteiger partial charge in [-0.25, -0.2) is 18.0 Å². The molecule has 0 spiro atoms. The van der Waals surface area contributed by atoms with Crippen LogP contribution in [0.5, 0.6) is 5.75 Å². The maximum atomic E-state index is 14.7. The number of hydrogen-bond acceptors (Lipinski definition) is 4. The Morgan fingerprint density at radius 1 is 0.951 bits per heavy atom. The average Bonchev–Trinajstić information content (AvgIpc) is 3.04. The van der Waals surface area contributed by atoms with Crippen LogP contribution in [0.1, 0.15) is 27.8 Å². The number of rotatable bonds is 7. The van der Waals surface area contributed by atoms with Crippen LogP contribution in [0.2, 0.25) is 0 Å². The lowest BCUT2D eigenvalue weighted by molar-refractivity contribution is -0.149. The number of aryl methyl sites for hydroxylation is 2. The highest BCUT2D eigenvalue weighted by Crippen LogP contribution is 2.43. The molecule has 0 fully saturated rings. The summed E-state index contributed by atoms with van der Waals surface area (Å²) in [6, 6.07) is 21.7. The largest absolute Gasteiger partial charge is 0.478 e. The Kier molecular flexibility index (Phi) is 7.55. The van der Waals surface area contributed by atoms with Gasteiger partial charge in [0.2, 0.25) is 12.0 Å². The van der Waals surface area contributed by atoms with Gasteiger partial charge in [0.1, 0.15) is 28.7 Å².